The molecule has 0 fully saturated rings. The summed E-state index contributed by atoms with van der Waals surface area (Å²) >= 11 is 0. The third kappa shape index (κ3) is 2.72. The molecule has 0 aliphatic heterocycles. The van der Waals surface area contributed by atoms with Crippen LogP contribution in [0.15, 0.2) is 18.2 Å². The number of benzene rings is 1. The fourth-order valence-electron chi connectivity index (χ4n) is 1.43. The highest BCUT2D eigenvalue weighted by molar-refractivity contribution is 5.96. The lowest BCUT2D eigenvalue weighted by molar-refractivity contribution is 0.0601. The Kier molecular flexibility index (Phi) is 4.16. The third-order valence-electron chi connectivity index (χ3n) is 2.23. The molecular weight excluding hydrogens is 190 g/mol. The van der Waals surface area contributed by atoms with Gasteiger partial charge in [0, 0.05) is 6.54 Å². The Morgan fingerprint density at radius 2 is 2.20 bits per heavy atom. The van der Waals surface area contributed by atoms with Crippen molar-refractivity contribution in [2.75, 3.05) is 19.0 Å². The maximum atomic E-state index is 11.5. The molecule has 1 aromatic carbocycles. The molecule has 1 N–H and O–H groups in total. The Balaban J connectivity index is 3.03. The molecule has 0 saturated heterocycles. The van der Waals surface area contributed by atoms with E-state index < -0.39 is 0 Å². The Morgan fingerprint density at radius 3 is 2.80 bits per heavy atom. The molecule has 3 heteroatoms. The first kappa shape index (κ1) is 11.6. The van der Waals surface area contributed by atoms with Gasteiger partial charge in [-0.25, -0.2) is 4.79 Å². The molecule has 0 heterocycles. The van der Waals surface area contributed by atoms with Gasteiger partial charge in [-0.05, 0) is 25.0 Å². The molecule has 0 aromatic heterocycles. The minimum absolute atomic E-state index is 0.294. The number of hydrogen-bond donors (Lipinski definition) is 1. The minimum atomic E-state index is -0.294. The standard InChI is InChI=1S/C12H17NO2/c1-4-8-13-11-9(2)6-5-7-10(11)12(14)15-3/h5-7,13H,4,8H2,1-3H3. The van der Waals surface area contributed by atoms with Crippen molar-refractivity contribution < 1.29 is 9.53 Å². The minimum Gasteiger partial charge on any atom is -0.465 e. The molecule has 1 rings (SSSR count). The van der Waals surface area contributed by atoms with E-state index >= 15 is 0 Å². The Bertz CT molecular complexity index is 347. The number of rotatable bonds is 4. The van der Waals surface area contributed by atoms with Crippen molar-refractivity contribution in [3.05, 3.63) is 29.3 Å². The Morgan fingerprint density at radius 1 is 1.47 bits per heavy atom. The molecule has 0 aliphatic rings. The fourth-order valence-corrected chi connectivity index (χ4v) is 1.43. The molecular formula is C12H17NO2. The molecule has 1 aromatic rings. The summed E-state index contributed by atoms with van der Waals surface area (Å²) in [6.07, 6.45) is 1.02. The maximum absolute atomic E-state index is 11.5. The predicted molar refractivity (Wildman–Crippen MR) is 61.3 cm³/mol. The molecule has 0 unspecified atom stereocenters. The SMILES string of the molecule is CCCNc1c(C)cccc1C(=O)OC. The summed E-state index contributed by atoms with van der Waals surface area (Å²) in [6, 6.07) is 5.61. The maximum Gasteiger partial charge on any atom is 0.339 e. The number of carbonyl (C=O) groups excluding carboxylic acids is 1. The molecule has 0 bridgehead atoms. The second-order valence-electron chi connectivity index (χ2n) is 3.42. The second-order valence-corrected chi connectivity index (χ2v) is 3.42. The van der Waals surface area contributed by atoms with Gasteiger partial charge in [-0.1, -0.05) is 19.1 Å². The molecule has 82 valence electrons. The van der Waals surface area contributed by atoms with Gasteiger partial charge in [0.05, 0.1) is 18.4 Å². The van der Waals surface area contributed by atoms with Crippen molar-refractivity contribution in [3.8, 4) is 0 Å². The van der Waals surface area contributed by atoms with Crippen molar-refractivity contribution >= 4 is 11.7 Å². The quantitative estimate of drug-likeness (QED) is 0.771. The zero-order valence-electron chi connectivity index (χ0n) is 9.46. The predicted octanol–water partition coefficient (Wildman–Crippen LogP) is 2.60. The van der Waals surface area contributed by atoms with Crippen molar-refractivity contribution in [1.82, 2.24) is 0 Å². The molecule has 0 atom stereocenters. The normalized spacial score (nSPS) is 9.80. The van der Waals surface area contributed by atoms with Crippen molar-refractivity contribution in [3.63, 3.8) is 0 Å². The van der Waals surface area contributed by atoms with Crippen LogP contribution < -0.4 is 5.32 Å². The molecule has 0 saturated carbocycles. The summed E-state index contributed by atoms with van der Waals surface area (Å²) in [6.45, 7) is 4.92. The van der Waals surface area contributed by atoms with Gasteiger partial charge >= 0.3 is 5.97 Å². The van der Waals surface area contributed by atoms with Crippen molar-refractivity contribution in [2.24, 2.45) is 0 Å². The summed E-state index contributed by atoms with van der Waals surface area (Å²) in [7, 11) is 1.40. The monoisotopic (exact) mass is 207 g/mol. The first-order chi connectivity index (χ1) is 7.20. The zero-order valence-corrected chi connectivity index (χ0v) is 9.46. The lowest BCUT2D eigenvalue weighted by Crippen LogP contribution is -2.10. The highest BCUT2D eigenvalue weighted by Gasteiger charge is 2.12. The Labute approximate surface area is 90.4 Å². The number of ether oxygens (including phenoxy) is 1. The number of esters is 1. The summed E-state index contributed by atoms with van der Waals surface area (Å²) < 4.78 is 4.73. The largest absolute Gasteiger partial charge is 0.465 e. The summed E-state index contributed by atoms with van der Waals surface area (Å²) in [5.74, 6) is -0.294. The smallest absolute Gasteiger partial charge is 0.339 e. The van der Waals surface area contributed by atoms with Gasteiger partial charge in [-0.15, -0.1) is 0 Å². The van der Waals surface area contributed by atoms with Crippen molar-refractivity contribution in [2.45, 2.75) is 20.3 Å². The van der Waals surface area contributed by atoms with E-state index in [9.17, 15) is 4.79 Å². The van der Waals surface area contributed by atoms with Gasteiger partial charge in [-0.2, -0.15) is 0 Å². The average molecular weight is 207 g/mol. The fraction of sp³-hybridized carbons (Fsp3) is 0.417. The highest BCUT2D eigenvalue weighted by atomic mass is 16.5. The molecule has 0 spiro atoms. The van der Waals surface area contributed by atoms with Crippen LogP contribution in [0.5, 0.6) is 0 Å². The van der Waals surface area contributed by atoms with Gasteiger partial charge in [0.25, 0.3) is 0 Å². The molecule has 15 heavy (non-hydrogen) atoms. The van der Waals surface area contributed by atoms with Crippen LogP contribution in [0.25, 0.3) is 0 Å². The number of carbonyl (C=O) groups is 1. The van der Waals surface area contributed by atoms with Crippen LogP contribution in [0.4, 0.5) is 5.69 Å². The number of anilines is 1. The van der Waals surface area contributed by atoms with Gasteiger partial charge in [0.15, 0.2) is 0 Å². The molecule has 0 amide bonds. The topological polar surface area (TPSA) is 38.3 Å². The average Bonchev–Trinajstić information content (AvgIpc) is 2.26. The highest BCUT2D eigenvalue weighted by Crippen LogP contribution is 2.21. The van der Waals surface area contributed by atoms with Crippen LogP contribution in [0.2, 0.25) is 0 Å². The lowest BCUT2D eigenvalue weighted by Gasteiger charge is -2.12. The summed E-state index contributed by atoms with van der Waals surface area (Å²) in [5, 5.41) is 3.25. The van der Waals surface area contributed by atoms with E-state index in [1.165, 1.54) is 7.11 Å². The molecule has 0 aliphatic carbocycles. The van der Waals surface area contributed by atoms with Gasteiger partial charge < -0.3 is 10.1 Å². The summed E-state index contributed by atoms with van der Waals surface area (Å²) in [4.78, 5) is 11.5. The van der Waals surface area contributed by atoms with Gasteiger partial charge in [0.2, 0.25) is 0 Å². The van der Waals surface area contributed by atoms with Crippen molar-refractivity contribution in [1.29, 1.82) is 0 Å². The van der Waals surface area contributed by atoms with E-state index in [1.54, 1.807) is 6.07 Å². The third-order valence-corrected chi connectivity index (χ3v) is 2.23. The number of para-hydroxylation sites is 1. The second kappa shape index (κ2) is 5.39. The van der Waals surface area contributed by atoms with E-state index in [2.05, 4.69) is 12.2 Å². The Hall–Kier alpha value is -1.51. The number of hydrogen-bond acceptors (Lipinski definition) is 3. The number of methoxy groups -OCH3 is 1. The van der Waals surface area contributed by atoms with Crippen LogP contribution in [0.1, 0.15) is 29.3 Å². The van der Waals surface area contributed by atoms with E-state index in [1.807, 2.05) is 19.1 Å². The first-order valence-corrected chi connectivity index (χ1v) is 5.12. The molecule has 0 radical (unpaired) electrons. The first-order valence-electron chi connectivity index (χ1n) is 5.12. The van der Waals surface area contributed by atoms with Crippen LogP contribution in [-0.4, -0.2) is 19.6 Å². The van der Waals surface area contributed by atoms with E-state index in [4.69, 9.17) is 4.74 Å². The van der Waals surface area contributed by atoms with E-state index in [0.29, 0.717) is 5.56 Å². The van der Waals surface area contributed by atoms with Crippen LogP contribution >= 0.6 is 0 Å². The van der Waals surface area contributed by atoms with Gasteiger partial charge in [0.1, 0.15) is 0 Å². The zero-order chi connectivity index (χ0) is 11.3. The number of aryl methyl sites for hydroxylation is 1. The van der Waals surface area contributed by atoms with Crippen LogP contribution in [0, 0.1) is 6.92 Å². The summed E-state index contributed by atoms with van der Waals surface area (Å²) in [5.41, 5.74) is 2.54. The van der Waals surface area contributed by atoms with E-state index in [0.717, 1.165) is 24.2 Å². The van der Waals surface area contributed by atoms with Gasteiger partial charge in [-0.3, -0.25) is 0 Å². The van der Waals surface area contributed by atoms with E-state index in [-0.39, 0.29) is 5.97 Å². The van der Waals surface area contributed by atoms with Crippen LogP contribution in [-0.2, 0) is 4.74 Å². The lowest BCUT2D eigenvalue weighted by atomic mass is 10.1. The molecule has 3 nitrogen and oxygen atoms in total. The van der Waals surface area contributed by atoms with Crippen LogP contribution in [0.3, 0.4) is 0 Å². The number of nitrogens with one attached hydrogen (secondary N) is 1.